The van der Waals surface area contributed by atoms with Gasteiger partial charge in [0.2, 0.25) is 0 Å². The highest BCUT2D eigenvalue weighted by Crippen LogP contribution is 2.07. The lowest BCUT2D eigenvalue weighted by Gasteiger charge is -2.10. The number of nitrogens with two attached hydrogens (primary N) is 1. The number of carbonyl (C=O) groups excluding carboxylic acids is 1. The van der Waals surface area contributed by atoms with Gasteiger partial charge in [-0.25, -0.2) is 0 Å². The van der Waals surface area contributed by atoms with Gasteiger partial charge in [0.15, 0.2) is 0 Å². The number of rotatable bonds is 7. The molecule has 1 aromatic rings. The van der Waals surface area contributed by atoms with Crippen LogP contribution in [0, 0.1) is 0 Å². The molecule has 1 aromatic carbocycles. The van der Waals surface area contributed by atoms with E-state index in [9.17, 15) is 4.79 Å². The SMILES string of the molecule is CC(C)OCCCNC(=O)c1ccccc1CN. The average molecular weight is 250 g/mol. The molecule has 100 valence electrons. The number of benzene rings is 1. The van der Waals surface area contributed by atoms with Gasteiger partial charge in [0.25, 0.3) is 5.91 Å². The van der Waals surface area contributed by atoms with Crippen molar-refractivity contribution in [3.05, 3.63) is 35.4 Å². The molecule has 0 fully saturated rings. The third kappa shape index (κ3) is 4.85. The number of hydrogen-bond acceptors (Lipinski definition) is 3. The van der Waals surface area contributed by atoms with E-state index in [0.717, 1.165) is 12.0 Å². The summed E-state index contributed by atoms with van der Waals surface area (Å²) >= 11 is 0. The van der Waals surface area contributed by atoms with Gasteiger partial charge < -0.3 is 15.8 Å². The van der Waals surface area contributed by atoms with Gasteiger partial charge in [0.05, 0.1) is 6.10 Å². The predicted molar refractivity (Wildman–Crippen MR) is 72.4 cm³/mol. The Labute approximate surface area is 109 Å². The van der Waals surface area contributed by atoms with E-state index in [0.29, 0.717) is 25.3 Å². The molecule has 0 atom stereocenters. The van der Waals surface area contributed by atoms with Crippen molar-refractivity contribution < 1.29 is 9.53 Å². The summed E-state index contributed by atoms with van der Waals surface area (Å²) in [5.74, 6) is -0.0689. The molecule has 3 N–H and O–H groups in total. The predicted octanol–water partition coefficient (Wildman–Crippen LogP) is 1.69. The molecule has 0 unspecified atom stereocenters. The highest BCUT2D eigenvalue weighted by Gasteiger charge is 2.08. The maximum absolute atomic E-state index is 11.9. The highest BCUT2D eigenvalue weighted by molar-refractivity contribution is 5.95. The lowest BCUT2D eigenvalue weighted by molar-refractivity contribution is 0.0757. The number of nitrogens with one attached hydrogen (secondary N) is 1. The summed E-state index contributed by atoms with van der Waals surface area (Å²) in [6, 6.07) is 7.39. The van der Waals surface area contributed by atoms with E-state index in [-0.39, 0.29) is 12.0 Å². The van der Waals surface area contributed by atoms with Crippen LogP contribution in [-0.2, 0) is 11.3 Å². The molecule has 0 radical (unpaired) electrons. The fourth-order valence-corrected chi connectivity index (χ4v) is 1.61. The topological polar surface area (TPSA) is 64.3 Å². The Morgan fingerprint density at radius 2 is 2.11 bits per heavy atom. The molecule has 0 spiro atoms. The minimum atomic E-state index is -0.0689. The molecular formula is C14H22N2O2. The molecule has 0 aliphatic carbocycles. The van der Waals surface area contributed by atoms with Gasteiger partial charge in [0, 0.05) is 25.3 Å². The van der Waals surface area contributed by atoms with Crippen molar-refractivity contribution in [1.29, 1.82) is 0 Å². The molecule has 1 rings (SSSR count). The Balaban J connectivity index is 2.36. The zero-order chi connectivity index (χ0) is 13.4. The molecule has 0 aromatic heterocycles. The Kier molecular flexibility index (Phi) is 6.39. The second-order valence-corrected chi connectivity index (χ2v) is 4.39. The molecule has 4 heteroatoms. The van der Waals surface area contributed by atoms with Crippen LogP contribution in [0.3, 0.4) is 0 Å². The van der Waals surface area contributed by atoms with Crippen LogP contribution in [0.2, 0.25) is 0 Å². The van der Waals surface area contributed by atoms with Crippen LogP contribution in [-0.4, -0.2) is 25.2 Å². The number of ether oxygens (including phenoxy) is 1. The van der Waals surface area contributed by atoms with Crippen LogP contribution in [0.15, 0.2) is 24.3 Å². The van der Waals surface area contributed by atoms with Crippen LogP contribution in [0.5, 0.6) is 0 Å². The van der Waals surface area contributed by atoms with Gasteiger partial charge in [-0.2, -0.15) is 0 Å². The maximum Gasteiger partial charge on any atom is 0.251 e. The molecule has 0 heterocycles. The van der Waals surface area contributed by atoms with Crippen LogP contribution < -0.4 is 11.1 Å². The van der Waals surface area contributed by atoms with Gasteiger partial charge in [0.1, 0.15) is 0 Å². The van der Waals surface area contributed by atoms with Crippen molar-refractivity contribution in [2.45, 2.75) is 32.9 Å². The Morgan fingerprint density at radius 3 is 2.78 bits per heavy atom. The second-order valence-electron chi connectivity index (χ2n) is 4.39. The molecule has 0 aliphatic heterocycles. The number of amides is 1. The summed E-state index contributed by atoms with van der Waals surface area (Å²) in [6.07, 6.45) is 1.05. The normalized spacial score (nSPS) is 10.7. The summed E-state index contributed by atoms with van der Waals surface area (Å²) in [7, 11) is 0. The Bertz CT molecular complexity index is 378. The highest BCUT2D eigenvalue weighted by atomic mass is 16.5. The van der Waals surface area contributed by atoms with Gasteiger partial charge >= 0.3 is 0 Å². The molecule has 1 amide bonds. The summed E-state index contributed by atoms with van der Waals surface area (Å²) in [4.78, 5) is 11.9. The molecule has 18 heavy (non-hydrogen) atoms. The third-order valence-electron chi connectivity index (χ3n) is 2.54. The summed E-state index contributed by atoms with van der Waals surface area (Å²) in [5, 5.41) is 2.87. The van der Waals surface area contributed by atoms with Crippen molar-refractivity contribution >= 4 is 5.91 Å². The molecule has 0 bridgehead atoms. The van der Waals surface area contributed by atoms with Gasteiger partial charge in [-0.15, -0.1) is 0 Å². The molecule has 0 aliphatic rings. The fourth-order valence-electron chi connectivity index (χ4n) is 1.61. The van der Waals surface area contributed by atoms with E-state index in [2.05, 4.69) is 5.32 Å². The van der Waals surface area contributed by atoms with Gasteiger partial charge in [-0.05, 0) is 31.9 Å². The van der Waals surface area contributed by atoms with Gasteiger partial charge in [-0.3, -0.25) is 4.79 Å². The van der Waals surface area contributed by atoms with Crippen molar-refractivity contribution in [2.24, 2.45) is 5.73 Å². The summed E-state index contributed by atoms with van der Waals surface area (Å²) < 4.78 is 5.40. The number of hydrogen-bond donors (Lipinski definition) is 2. The first-order valence-corrected chi connectivity index (χ1v) is 6.33. The van der Waals surface area contributed by atoms with Crippen LogP contribution in [0.1, 0.15) is 36.2 Å². The van der Waals surface area contributed by atoms with E-state index >= 15 is 0 Å². The second kappa shape index (κ2) is 7.84. The van der Waals surface area contributed by atoms with Crippen LogP contribution in [0.25, 0.3) is 0 Å². The van der Waals surface area contributed by atoms with Crippen molar-refractivity contribution in [1.82, 2.24) is 5.32 Å². The zero-order valence-corrected chi connectivity index (χ0v) is 11.1. The largest absolute Gasteiger partial charge is 0.379 e. The van der Waals surface area contributed by atoms with Crippen molar-refractivity contribution in [2.75, 3.05) is 13.2 Å². The lowest BCUT2D eigenvalue weighted by Crippen LogP contribution is -2.27. The van der Waals surface area contributed by atoms with Crippen molar-refractivity contribution in [3.8, 4) is 0 Å². The molecule has 0 saturated carbocycles. The van der Waals surface area contributed by atoms with Crippen molar-refractivity contribution in [3.63, 3.8) is 0 Å². The van der Waals surface area contributed by atoms with E-state index in [1.54, 1.807) is 6.07 Å². The summed E-state index contributed by atoms with van der Waals surface area (Å²) in [6.45, 7) is 5.65. The van der Waals surface area contributed by atoms with Crippen LogP contribution in [0.4, 0.5) is 0 Å². The molecule has 0 saturated heterocycles. The zero-order valence-electron chi connectivity index (χ0n) is 11.1. The Morgan fingerprint density at radius 1 is 1.39 bits per heavy atom. The minimum absolute atomic E-state index is 0.0689. The average Bonchev–Trinajstić information content (AvgIpc) is 2.37. The first kappa shape index (κ1) is 14.7. The first-order chi connectivity index (χ1) is 8.65. The van der Waals surface area contributed by atoms with Gasteiger partial charge in [-0.1, -0.05) is 18.2 Å². The number of carbonyl (C=O) groups is 1. The van der Waals surface area contributed by atoms with E-state index < -0.39 is 0 Å². The first-order valence-electron chi connectivity index (χ1n) is 6.33. The minimum Gasteiger partial charge on any atom is -0.379 e. The molecule has 4 nitrogen and oxygen atoms in total. The van der Waals surface area contributed by atoms with Crippen LogP contribution >= 0.6 is 0 Å². The standard InChI is InChI=1S/C14H22N2O2/c1-11(2)18-9-5-8-16-14(17)13-7-4-3-6-12(13)10-15/h3-4,6-7,11H,5,8-10,15H2,1-2H3,(H,16,17). The smallest absolute Gasteiger partial charge is 0.251 e. The lowest BCUT2D eigenvalue weighted by atomic mass is 10.1. The monoisotopic (exact) mass is 250 g/mol. The van der Waals surface area contributed by atoms with E-state index in [1.807, 2.05) is 32.0 Å². The summed E-state index contributed by atoms with van der Waals surface area (Å²) in [5.41, 5.74) is 7.12. The van der Waals surface area contributed by atoms with E-state index in [1.165, 1.54) is 0 Å². The maximum atomic E-state index is 11.9. The molecular weight excluding hydrogens is 228 g/mol. The van der Waals surface area contributed by atoms with E-state index in [4.69, 9.17) is 10.5 Å². The fraction of sp³-hybridized carbons (Fsp3) is 0.500. The quantitative estimate of drug-likeness (QED) is 0.724. The third-order valence-corrected chi connectivity index (χ3v) is 2.54. The Hall–Kier alpha value is -1.39.